The molecule has 1 N–H and O–H groups in total. The number of benzene rings is 2. The zero-order chi connectivity index (χ0) is 28.9. The first kappa shape index (κ1) is 27.1. The third-order valence-electron chi connectivity index (χ3n) is 8.21. The molecule has 0 bridgehead atoms. The number of amides is 1. The van der Waals surface area contributed by atoms with Crippen molar-refractivity contribution in [3.8, 4) is 17.4 Å². The lowest BCUT2D eigenvalue weighted by Gasteiger charge is -2.25. The molecule has 1 aromatic heterocycles. The van der Waals surface area contributed by atoms with E-state index in [0.29, 0.717) is 35.2 Å². The second kappa shape index (κ2) is 10.1. The Morgan fingerprint density at radius 3 is 2.59 bits per heavy atom. The quantitative estimate of drug-likeness (QED) is 0.437. The van der Waals surface area contributed by atoms with E-state index < -0.39 is 17.6 Å². The summed E-state index contributed by atoms with van der Waals surface area (Å²) in [5.74, 6) is -0.627. The van der Waals surface area contributed by atoms with Gasteiger partial charge in [-0.2, -0.15) is 18.2 Å². The molecule has 9 nitrogen and oxygen atoms in total. The minimum Gasteiger partial charge on any atom is -0.494 e. The number of carbonyl (C=O) groups is 1. The van der Waals surface area contributed by atoms with Crippen LogP contribution in [0.15, 0.2) is 42.6 Å². The summed E-state index contributed by atoms with van der Waals surface area (Å²) in [6.07, 6.45) is -1.78. The lowest BCUT2D eigenvalue weighted by atomic mass is 9.86. The van der Waals surface area contributed by atoms with E-state index in [1.807, 2.05) is 12.1 Å². The molecule has 2 saturated heterocycles. The van der Waals surface area contributed by atoms with Crippen molar-refractivity contribution in [3.05, 3.63) is 59.3 Å². The second-order valence-corrected chi connectivity index (χ2v) is 11.1. The number of hydrogen-bond donors (Lipinski definition) is 1. The number of halogens is 3. The van der Waals surface area contributed by atoms with Gasteiger partial charge >= 0.3 is 6.18 Å². The summed E-state index contributed by atoms with van der Waals surface area (Å²) in [7, 11) is 5.31. The number of alkyl halides is 3. The molecule has 2 fully saturated rings. The molecule has 1 amide bonds. The van der Waals surface area contributed by atoms with Crippen LogP contribution in [0.4, 0.5) is 30.5 Å². The number of rotatable bonds is 6. The zero-order valence-electron chi connectivity index (χ0n) is 23.1. The molecule has 2 aromatic carbocycles. The van der Waals surface area contributed by atoms with Crippen LogP contribution < -0.4 is 19.7 Å². The maximum atomic E-state index is 13.9. The van der Waals surface area contributed by atoms with E-state index >= 15 is 0 Å². The molecule has 0 aliphatic carbocycles. The third kappa shape index (κ3) is 5.12. The van der Waals surface area contributed by atoms with Crippen molar-refractivity contribution >= 4 is 23.2 Å². The highest BCUT2D eigenvalue weighted by atomic mass is 19.4. The molecule has 1 spiro atoms. The number of nitrogens with zero attached hydrogens (tertiary/aromatic N) is 5. The molecule has 0 radical (unpaired) electrons. The Hall–Kier alpha value is -4.06. The van der Waals surface area contributed by atoms with Crippen LogP contribution in [0.2, 0.25) is 0 Å². The Morgan fingerprint density at radius 2 is 1.85 bits per heavy atom. The van der Waals surface area contributed by atoms with Gasteiger partial charge in [-0.1, -0.05) is 12.1 Å². The number of aromatic nitrogens is 2. The van der Waals surface area contributed by atoms with Crippen molar-refractivity contribution < 1.29 is 27.4 Å². The van der Waals surface area contributed by atoms with Gasteiger partial charge in [0.15, 0.2) is 0 Å². The molecule has 216 valence electrons. The van der Waals surface area contributed by atoms with Crippen LogP contribution in [0.25, 0.3) is 0 Å². The summed E-state index contributed by atoms with van der Waals surface area (Å²) in [5, 5.41) is 2.97. The van der Waals surface area contributed by atoms with Crippen LogP contribution in [0.3, 0.4) is 0 Å². The highest BCUT2D eigenvalue weighted by Gasteiger charge is 2.42. The fourth-order valence-corrected chi connectivity index (χ4v) is 6.10. The third-order valence-corrected chi connectivity index (χ3v) is 8.21. The van der Waals surface area contributed by atoms with Gasteiger partial charge in [-0.05, 0) is 50.2 Å². The molecule has 3 aliphatic heterocycles. The van der Waals surface area contributed by atoms with E-state index in [-0.39, 0.29) is 23.2 Å². The van der Waals surface area contributed by atoms with Gasteiger partial charge in [0.1, 0.15) is 17.1 Å². The number of hydrogen-bond acceptors (Lipinski definition) is 8. The highest BCUT2D eigenvalue weighted by molar-refractivity contribution is 6.00. The normalized spacial score (nSPS) is 20.7. The predicted molar refractivity (Wildman–Crippen MR) is 147 cm³/mol. The van der Waals surface area contributed by atoms with Gasteiger partial charge in [-0.3, -0.25) is 4.79 Å². The van der Waals surface area contributed by atoms with E-state index in [4.69, 9.17) is 9.47 Å². The van der Waals surface area contributed by atoms with Crippen LogP contribution in [-0.4, -0.2) is 73.1 Å². The smallest absolute Gasteiger partial charge is 0.423 e. The molecule has 12 heteroatoms. The molecular formula is C29H31F3N6O3. The average Bonchev–Trinajstić information content (AvgIpc) is 3.61. The SMILES string of the molecule is COc1cc(N2CCC3(CCN(C)C3)C2)ccc1Nc1ncc(C(F)(F)F)c(Oc2cccc3c2C(=O)N(C)C3)n1. The van der Waals surface area contributed by atoms with Gasteiger partial charge in [0.25, 0.3) is 5.91 Å². The lowest BCUT2D eigenvalue weighted by Crippen LogP contribution is -2.29. The average molecular weight is 569 g/mol. The largest absolute Gasteiger partial charge is 0.494 e. The highest BCUT2D eigenvalue weighted by Crippen LogP contribution is 2.43. The Balaban J connectivity index is 1.27. The van der Waals surface area contributed by atoms with E-state index in [1.54, 1.807) is 25.2 Å². The number of anilines is 3. The number of methoxy groups -OCH3 is 1. The minimum absolute atomic E-state index is 0.00535. The first-order chi connectivity index (χ1) is 19.5. The summed E-state index contributed by atoms with van der Waals surface area (Å²) in [6, 6.07) is 10.5. The first-order valence-electron chi connectivity index (χ1n) is 13.4. The first-order valence-corrected chi connectivity index (χ1v) is 13.4. The van der Waals surface area contributed by atoms with E-state index in [1.165, 1.54) is 24.5 Å². The molecule has 41 heavy (non-hydrogen) atoms. The van der Waals surface area contributed by atoms with Crippen LogP contribution in [0, 0.1) is 5.41 Å². The fourth-order valence-electron chi connectivity index (χ4n) is 6.10. The Bertz CT molecular complexity index is 1500. The maximum absolute atomic E-state index is 13.9. The van der Waals surface area contributed by atoms with Gasteiger partial charge in [0, 0.05) is 56.6 Å². The number of ether oxygens (including phenoxy) is 2. The van der Waals surface area contributed by atoms with Crippen molar-refractivity contribution in [2.45, 2.75) is 25.6 Å². The van der Waals surface area contributed by atoms with Gasteiger partial charge in [0.05, 0.1) is 18.4 Å². The van der Waals surface area contributed by atoms with Crippen molar-refractivity contribution in [3.63, 3.8) is 0 Å². The molecule has 0 saturated carbocycles. The second-order valence-electron chi connectivity index (χ2n) is 11.1. The molecule has 3 aromatic rings. The van der Waals surface area contributed by atoms with Crippen molar-refractivity contribution in [2.24, 2.45) is 5.41 Å². The van der Waals surface area contributed by atoms with Gasteiger partial charge in [0.2, 0.25) is 11.8 Å². The summed E-state index contributed by atoms with van der Waals surface area (Å²) < 4.78 is 52.9. The Kier molecular flexibility index (Phi) is 6.68. The van der Waals surface area contributed by atoms with E-state index in [9.17, 15) is 18.0 Å². The Morgan fingerprint density at radius 1 is 1.05 bits per heavy atom. The van der Waals surface area contributed by atoms with Gasteiger partial charge < -0.3 is 29.5 Å². The fraction of sp³-hybridized carbons (Fsp3) is 0.414. The van der Waals surface area contributed by atoms with E-state index in [2.05, 4.69) is 32.1 Å². The zero-order valence-corrected chi connectivity index (χ0v) is 23.1. The molecule has 4 heterocycles. The van der Waals surface area contributed by atoms with Crippen molar-refractivity contribution in [1.82, 2.24) is 19.8 Å². The van der Waals surface area contributed by atoms with Gasteiger partial charge in [-0.25, -0.2) is 4.98 Å². The van der Waals surface area contributed by atoms with Crippen LogP contribution in [0.1, 0.15) is 34.3 Å². The standard InChI is InChI=1S/C29H31F3N6O3/c1-36-11-9-28(16-36)10-12-38(17-28)19-7-8-21(23(13-19)40-3)34-27-33-14-20(29(30,31)32)25(35-27)41-22-6-4-5-18-15-37(2)26(39)24(18)22/h4-8,13-14H,9-12,15-17H2,1-3H3,(H,33,34,35). The molecule has 1 unspecified atom stereocenters. The van der Waals surface area contributed by atoms with Crippen LogP contribution in [0.5, 0.6) is 17.4 Å². The maximum Gasteiger partial charge on any atom is 0.423 e. The number of likely N-dealkylation sites (tertiary alicyclic amines) is 1. The van der Waals surface area contributed by atoms with Crippen molar-refractivity contribution in [2.75, 3.05) is 57.6 Å². The monoisotopic (exact) mass is 568 g/mol. The summed E-state index contributed by atoms with van der Waals surface area (Å²) in [4.78, 5) is 26.8. The number of nitrogens with one attached hydrogen (secondary N) is 1. The summed E-state index contributed by atoms with van der Waals surface area (Å²) in [6.45, 7) is 4.47. The molecule has 3 aliphatic rings. The molecular weight excluding hydrogens is 537 g/mol. The summed E-state index contributed by atoms with van der Waals surface area (Å²) >= 11 is 0. The summed E-state index contributed by atoms with van der Waals surface area (Å²) in [5.41, 5.74) is 1.56. The predicted octanol–water partition coefficient (Wildman–Crippen LogP) is 5.16. The molecule has 6 rings (SSSR count). The van der Waals surface area contributed by atoms with E-state index in [0.717, 1.165) is 38.3 Å². The Labute approximate surface area is 235 Å². The van der Waals surface area contributed by atoms with Gasteiger partial charge in [-0.15, -0.1) is 0 Å². The van der Waals surface area contributed by atoms with Crippen LogP contribution >= 0.6 is 0 Å². The molecule has 1 atom stereocenters. The lowest BCUT2D eigenvalue weighted by molar-refractivity contribution is -0.139. The number of carbonyl (C=O) groups excluding carboxylic acids is 1. The van der Waals surface area contributed by atoms with Crippen molar-refractivity contribution in [1.29, 1.82) is 0 Å². The number of fused-ring (bicyclic) bond motifs is 1. The minimum atomic E-state index is -4.77. The topological polar surface area (TPSA) is 83.1 Å². The van der Waals surface area contributed by atoms with Crippen LogP contribution in [-0.2, 0) is 12.7 Å².